The maximum absolute atomic E-state index is 12.7. The van der Waals surface area contributed by atoms with E-state index in [1.54, 1.807) is 22.9 Å². The van der Waals surface area contributed by atoms with Gasteiger partial charge in [-0.3, -0.25) is 4.79 Å². The number of rotatable bonds is 4. The lowest BCUT2D eigenvalue weighted by Crippen LogP contribution is -2.48. The molecule has 2 aromatic rings. The Hall–Kier alpha value is -1.63. The molecule has 1 aromatic carbocycles. The summed E-state index contributed by atoms with van der Waals surface area (Å²) in [6.45, 7) is 1.96. The quantitative estimate of drug-likeness (QED) is 0.836. The van der Waals surface area contributed by atoms with Crippen LogP contribution in [0.15, 0.2) is 18.2 Å². The van der Waals surface area contributed by atoms with Crippen LogP contribution in [0.4, 0.5) is 0 Å². The van der Waals surface area contributed by atoms with Crippen LogP contribution < -0.4 is 10.6 Å². The van der Waals surface area contributed by atoms with E-state index in [1.807, 2.05) is 6.92 Å². The molecule has 1 aromatic heterocycles. The molecule has 2 aliphatic heterocycles. The normalized spacial score (nSPS) is 24.7. The Morgan fingerprint density at radius 2 is 1.92 bits per heavy atom. The van der Waals surface area contributed by atoms with Gasteiger partial charge in [0.1, 0.15) is 11.5 Å². The van der Waals surface area contributed by atoms with Crippen LogP contribution >= 0.6 is 23.2 Å². The topological polar surface area (TPSA) is 71.8 Å². The first-order chi connectivity index (χ1) is 12.5. The Morgan fingerprint density at radius 1 is 1.27 bits per heavy atom. The van der Waals surface area contributed by atoms with Crippen LogP contribution in [0.5, 0.6) is 0 Å². The van der Waals surface area contributed by atoms with Gasteiger partial charge in [-0.1, -0.05) is 36.2 Å². The van der Waals surface area contributed by atoms with E-state index in [-0.39, 0.29) is 17.8 Å². The number of nitrogens with zero attached hydrogens (tertiary/aromatic N) is 3. The first-order valence-corrected chi connectivity index (χ1v) is 9.78. The van der Waals surface area contributed by atoms with E-state index in [1.165, 1.54) is 12.8 Å². The van der Waals surface area contributed by atoms with Crippen molar-refractivity contribution >= 4 is 29.1 Å². The smallest absolute Gasteiger partial charge is 0.291 e. The van der Waals surface area contributed by atoms with Crippen LogP contribution in [-0.4, -0.2) is 38.8 Å². The molecule has 6 nitrogen and oxygen atoms in total. The SMILES string of the molecule is CCc1nc(C(=O)NC2CC3CCC(C2)N3)nn1-c1c(Cl)cccc1Cl. The molecule has 2 atom stereocenters. The zero-order chi connectivity index (χ0) is 18.3. The van der Waals surface area contributed by atoms with Gasteiger partial charge in [0, 0.05) is 24.5 Å². The lowest BCUT2D eigenvalue weighted by atomic mass is 10.00. The summed E-state index contributed by atoms with van der Waals surface area (Å²) in [4.78, 5) is 17.1. The number of amides is 1. The third-order valence-corrected chi connectivity index (χ3v) is 5.76. The van der Waals surface area contributed by atoms with Crippen LogP contribution in [0.3, 0.4) is 0 Å². The Morgan fingerprint density at radius 3 is 2.54 bits per heavy atom. The van der Waals surface area contributed by atoms with Crippen LogP contribution in [0, 0.1) is 0 Å². The van der Waals surface area contributed by atoms with Gasteiger partial charge in [0.15, 0.2) is 0 Å². The highest BCUT2D eigenvalue weighted by Gasteiger charge is 2.34. The number of piperidine rings is 1. The van der Waals surface area contributed by atoms with Gasteiger partial charge in [0.25, 0.3) is 5.91 Å². The number of carbonyl (C=O) groups excluding carboxylic acids is 1. The lowest BCUT2D eigenvalue weighted by molar-refractivity contribution is 0.0913. The number of nitrogens with one attached hydrogen (secondary N) is 2. The Bertz CT molecular complexity index is 805. The molecular weight excluding hydrogens is 373 g/mol. The molecule has 26 heavy (non-hydrogen) atoms. The van der Waals surface area contributed by atoms with Crippen molar-refractivity contribution in [3.8, 4) is 5.69 Å². The van der Waals surface area contributed by atoms with E-state index >= 15 is 0 Å². The second-order valence-electron chi connectivity index (χ2n) is 6.97. The summed E-state index contributed by atoms with van der Waals surface area (Å²) in [6.07, 6.45) is 4.91. The van der Waals surface area contributed by atoms with E-state index < -0.39 is 0 Å². The Labute approximate surface area is 162 Å². The molecule has 0 spiro atoms. The molecule has 1 amide bonds. The maximum atomic E-state index is 12.7. The lowest BCUT2D eigenvalue weighted by Gasteiger charge is -2.29. The van der Waals surface area contributed by atoms with Gasteiger partial charge >= 0.3 is 0 Å². The fourth-order valence-electron chi connectivity index (χ4n) is 3.96. The average molecular weight is 394 g/mol. The summed E-state index contributed by atoms with van der Waals surface area (Å²) < 4.78 is 1.58. The number of aromatic nitrogens is 3. The summed E-state index contributed by atoms with van der Waals surface area (Å²) in [6, 6.07) is 6.45. The fourth-order valence-corrected chi connectivity index (χ4v) is 4.52. The summed E-state index contributed by atoms with van der Waals surface area (Å²) in [5.74, 6) is 0.562. The standard InChI is InChI=1S/C18H21Cl2N5O/c1-2-15-23-17(24-25(15)16-13(19)4-3-5-14(16)20)18(26)22-12-8-10-6-7-11(9-12)21-10/h3-5,10-12,21H,2,6-9H2,1H3,(H,22,26). The van der Waals surface area contributed by atoms with Crippen molar-refractivity contribution in [2.75, 3.05) is 0 Å². The molecule has 8 heteroatoms. The van der Waals surface area contributed by atoms with Crippen molar-refractivity contribution in [2.45, 2.75) is 57.2 Å². The predicted molar refractivity (Wildman–Crippen MR) is 101 cm³/mol. The van der Waals surface area contributed by atoms with Crippen molar-refractivity contribution < 1.29 is 4.79 Å². The van der Waals surface area contributed by atoms with Crippen LogP contribution in [0.25, 0.3) is 5.69 Å². The minimum Gasteiger partial charge on any atom is -0.346 e. The van der Waals surface area contributed by atoms with Gasteiger partial charge in [-0.25, -0.2) is 9.67 Å². The summed E-state index contributed by atoms with van der Waals surface area (Å²) in [5.41, 5.74) is 0.555. The zero-order valence-electron chi connectivity index (χ0n) is 14.5. The second-order valence-corrected chi connectivity index (χ2v) is 7.78. The van der Waals surface area contributed by atoms with Crippen LogP contribution in [0.1, 0.15) is 49.1 Å². The highest BCUT2D eigenvalue weighted by atomic mass is 35.5. The minimum absolute atomic E-state index is 0.156. The van der Waals surface area contributed by atoms with Crippen molar-refractivity contribution in [2.24, 2.45) is 0 Å². The average Bonchev–Trinajstić information content (AvgIpc) is 3.18. The van der Waals surface area contributed by atoms with Gasteiger partial charge in [-0.2, -0.15) is 0 Å². The van der Waals surface area contributed by atoms with Crippen molar-refractivity contribution in [3.63, 3.8) is 0 Å². The summed E-state index contributed by atoms with van der Waals surface area (Å²) in [7, 11) is 0. The zero-order valence-corrected chi connectivity index (χ0v) is 16.0. The number of halogens is 2. The van der Waals surface area contributed by atoms with Crippen molar-refractivity contribution in [1.82, 2.24) is 25.4 Å². The van der Waals surface area contributed by atoms with E-state index in [2.05, 4.69) is 20.7 Å². The van der Waals surface area contributed by atoms with Crippen LogP contribution in [0.2, 0.25) is 10.0 Å². The Kier molecular flexibility index (Phi) is 4.90. The maximum Gasteiger partial charge on any atom is 0.291 e. The highest BCUT2D eigenvalue weighted by Crippen LogP contribution is 2.29. The number of benzene rings is 1. The molecule has 0 radical (unpaired) electrons. The van der Waals surface area contributed by atoms with Crippen LogP contribution in [-0.2, 0) is 6.42 Å². The van der Waals surface area contributed by atoms with E-state index in [4.69, 9.17) is 23.2 Å². The molecule has 2 aliphatic rings. The molecule has 4 rings (SSSR count). The van der Waals surface area contributed by atoms with Gasteiger partial charge in [-0.05, 0) is 37.8 Å². The molecule has 3 heterocycles. The number of hydrogen-bond donors (Lipinski definition) is 2. The highest BCUT2D eigenvalue weighted by molar-refractivity contribution is 6.37. The number of para-hydroxylation sites is 1. The first-order valence-electron chi connectivity index (χ1n) is 9.02. The third kappa shape index (κ3) is 3.33. The minimum atomic E-state index is -0.243. The molecule has 2 bridgehead atoms. The first kappa shape index (κ1) is 17.8. The molecule has 0 aliphatic carbocycles. The molecule has 2 saturated heterocycles. The number of fused-ring (bicyclic) bond motifs is 2. The van der Waals surface area contributed by atoms with Gasteiger partial charge < -0.3 is 10.6 Å². The fraction of sp³-hybridized carbons (Fsp3) is 0.500. The number of aryl methyl sites for hydroxylation is 1. The molecule has 138 valence electrons. The van der Waals surface area contributed by atoms with Crippen molar-refractivity contribution in [1.29, 1.82) is 0 Å². The molecule has 2 fully saturated rings. The molecule has 2 N–H and O–H groups in total. The van der Waals surface area contributed by atoms with Crippen molar-refractivity contribution in [3.05, 3.63) is 39.9 Å². The number of hydrogen-bond acceptors (Lipinski definition) is 4. The second kappa shape index (κ2) is 7.18. The largest absolute Gasteiger partial charge is 0.346 e. The molecular formula is C18H21Cl2N5O. The summed E-state index contributed by atoms with van der Waals surface area (Å²) >= 11 is 12.6. The molecule has 0 saturated carbocycles. The number of carbonyl (C=O) groups is 1. The van der Waals surface area contributed by atoms with E-state index in [0.717, 1.165) is 12.8 Å². The van der Waals surface area contributed by atoms with E-state index in [9.17, 15) is 4.79 Å². The summed E-state index contributed by atoms with van der Waals surface area (Å²) in [5, 5.41) is 12.0. The van der Waals surface area contributed by atoms with Gasteiger partial charge in [0.05, 0.1) is 10.0 Å². The Balaban J connectivity index is 1.58. The molecule has 2 unspecified atom stereocenters. The predicted octanol–water partition coefficient (Wildman–Crippen LogP) is 3.15. The third-order valence-electron chi connectivity index (χ3n) is 5.15. The van der Waals surface area contributed by atoms with E-state index in [0.29, 0.717) is 40.1 Å². The van der Waals surface area contributed by atoms with Gasteiger partial charge in [-0.15, -0.1) is 5.10 Å². The monoisotopic (exact) mass is 393 g/mol. The van der Waals surface area contributed by atoms with Gasteiger partial charge in [0.2, 0.25) is 5.82 Å².